The number of alkyl halides is 3. The van der Waals surface area contributed by atoms with Crippen molar-refractivity contribution >= 4 is 43.5 Å². The van der Waals surface area contributed by atoms with Gasteiger partial charge in [-0.05, 0) is 45.8 Å². The number of rotatable bonds is 4. The summed E-state index contributed by atoms with van der Waals surface area (Å²) < 4.78 is 62.7. The zero-order chi connectivity index (χ0) is 21.0. The van der Waals surface area contributed by atoms with Gasteiger partial charge in [-0.25, -0.2) is 0 Å². The Morgan fingerprint density at radius 1 is 0.828 bits per heavy atom. The number of benzene rings is 3. The van der Waals surface area contributed by atoms with Gasteiger partial charge in [0.2, 0.25) is 0 Å². The first-order chi connectivity index (χ1) is 13.6. The summed E-state index contributed by atoms with van der Waals surface area (Å²) in [5.74, 6) is -1.43. The summed E-state index contributed by atoms with van der Waals surface area (Å²) in [6.45, 7) is -1.61. The third-order valence-electron chi connectivity index (χ3n) is 4.63. The standard InChI is InChI=1S/C19H12F3NO5S/c20-19(21,22)29(26,27)28-6-5-23-17(24)15-9-13-7-11-3-1-2-4-12(11)8-14(13)10-16(15)18(23)25/h1-4,7-10H,5-6H2. The Kier molecular flexibility index (Phi) is 4.35. The summed E-state index contributed by atoms with van der Waals surface area (Å²) in [4.78, 5) is 25.8. The monoisotopic (exact) mass is 423 g/mol. The number of hydrogen-bond acceptors (Lipinski definition) is 5. The van der Waals surface area contributed by atoms with E-state index in [1.807, 2.05) is 36.4 Å². The average Bonchev–Trinajstić information content (AvgIpc) is 2.88. The zero-order valence-electron chi connectivity index (χ0n) is 14.6. The summed E-state index contributed by atoms with van der Waals surface area (Å²) in [5, 5.41) is 3.33. The van der Waals surface area contributed by atoms with Gasteiger partial charge in [0.05, 0.1) is 24.3 Å². The van der Waals surface area contributed by atoms with E-state index in [4.69, 9.17) is 0 Å². The Balaban J connectivity index is 1.62. The lowest BCUT2D eigenvalue weighted by atomic mass is 9.99. The summed E-state index contributed by atoms with van der Waals surface area (Å²) in [6, 6.07) is 14.4. The van der Waals surface area contributed by atoms with Gasteiger partial charge in [0.15, 0.2) is 0 Å². The van der Waals surface area contributed by atoms with Crippen LogP contribution in [0.1, 0.15) is 20.7 Å². The molecule has 3 aromatic carbocycles. The maximum atomic E-state index is 12.5. The van der Waals surface area contributed by atoms with Gasteiger partial charge in [0, 0.05) is 0 Å². The number of amides is 2. The van der Waals surface area contributed by atoms with Crippen molar-refractivity contribution in [3.05, 3.63) is 59.7 Å². The molecule has 0 saturated heterocycles. The largest absolute Gasteiger partial charge is 0.523 e. The first-order valence-electron chi connectivity index (χ1n) is 8.37. The zero-order valence-corrected chi connectivity index (χ0v) is 15.4. The second-order valence-corrected chi connectivity index (χ2v) is 8.03. The van der Waals surface area contributed by atoms with Crippen molar-refractivity contribution in [1.82, 2.24) is 4.90 Å². The van der Waals surface area contributed by atoms with E-state index in [2.05, 4.69) is 4.18 Å². The molecule has 0 radical (unpaired) electrons. The minimum absolute atomic E-state index is 0.108. The van der Waals surface area contributed by atoms with Gasteiger partial charge in [0.25, 0.3) is 11.8 Å². The Bertz CT molecular complexity index is 1210. The predicted molar refractivity (Wildman–Crippen MR) is 97.7 cm³/mol. The molecular formula is C19H12F3NO5S. The first-order valence-corrected chi connectivity index (χ1v) is 9.78. The second kappa shape index (κ2) is 6.53. The fourth-order valence-corrected chi connectivity index (χ4v) is 3.66. The van der Waals surface area contributed by atoms with Gasteiger partial charge in [0.1, 0.15) is 0 Å². The lowest BCUT2D eigenvalue weighted by Gasteiger charge is -2.14. The van der Waals surface area contributed by atoms with Crippen molar-refractivity contribution in [2.75, 3.05) is 13.2 Å². The molecule has 0 spiro atoms. The smallest absolute Gasteiger partial charge is 0.272 e. The molecule has 1 aliphatic rings. The minimum Gasteiger partial charge on any atom is -0.272 e. The highest BCUT2D eigenvalue weighted by atomic mass is 32.2. The minimum atomic E-state index is -5.79. The van der Waals surface area contributed by atoms with Crippen LogP contribution in [0.15, 0.2) is 48.5 Å². The highest BCUT2D eigenvalue weighted by Gasteiger charge is 2.47. The molecule has 1 aliphatic heterocycles. The van der Waals surface area contributed by atoms with Crippen molar-refractivity contribution in [3.63, 3.8) is 0 Å². The molecule has 0 aromatic heterocycles. The molecule has 10 heteroatoms. The summed E-state index contributed by atoms with van der Waals surface area (Å²) in [5.41, 5.74) is -5.36. The Morgan fingerprint density at radius 2 is 1.31 bits per heavy atom. The number of imide groups is 1. The van der Waals surface area contributed by atoms with Gasteiger partial charge in [-0.15, -0.1) is 0 Å². The van der Waals surface area contributed by atoms with Crippen LogP contribution in [0, 0.1) is 0 Å². The first kappa shape index (κ1) is 19.3. The number of carbonyl (C=O) groups is 2. The third-order valence-corrected chi connectivity index (χ3v) is 5.67. The fourth-order valence-electron chi connectivity index (χ4n) is 3.24. The van der Waals surface area contributed by atoms with Crippen LogP contribution < -0.4 is 0 Å². The van der Waals surface area contributed by atoms with E-state index >= 15 is 0 Å². The lowest BCUT2D eigenvalue weighted by molar-refractivity contribution is -0.0543. The van der Waals surface area contributed by atoms with Crippen LogP contribution in [0.4, 0.5) is 13.2 Å². The van der Waals surface area contributed by atoms with Crippen LogP contribution in [0.25, 0.3) is 21.5 Å². The molecule has 4 rings (SSSR count). The highest BCUT2D eigenvalue weighted by molar-refractivity contribution is 7.87. The molecule has 0 fully saturated rings. The molecule has 0 bridgehead atoms. The van der Waals surface area contributed by atoms with E-state index in [1.54, 1.807) is 12.1 Å². The lowest BCUT2D eigenvalue weighted by Crippen LogP contribution is -2.35. The number of halogens is 3. The molecule has 0 N–H and O–H groups in total. The molecule has 1 heterocycles. The van der Waals surface area contributed by atoms with Crippen LogP contribution >= 0.6 is 0 Å². The van der Waals surface area contributed by atoms with Gasteiger partial charge in [-0.1, -0.05) is 24.3 Å². The molecule has 3 aromatic rings. The van der Waals surface area contributed by atoms with Crippen molar-refractivity contribution in [2.24, 2.45) is 0 Å². The van der Waals surface area contributed by atoms with Gasteiger partial charge >= 0.3 is 15.6 Å². The van der Waals surface area contributed by atoms with Crippen molar-refractivity contribution in [3.8, 4) is 0 Å². The number of nitrogens with zero attached hydrogens (tertiary/aromatic N) is 1. The Morgan fingerprint density at radius 3 is 1.76 bits per heavy atom. The van der Waals surface area contributed by atoms with E-state index in [9.17, 15) is 31.2 Å². The second-order valence-electron chi connectivity index (χ2n) is 6.43. The predicted octanol–water partition coefficient (Wildman–Crippen LogP) is 3.46. The topological polar surface area (TPSA) is 80.8 Å². The average molecular weight is 423 g/mol. The van der Waals surface area contributed by atoms with E-state index in [1.165, 1.54) is 0 Å². The van der Waals surface area contributed by atoms with E-state index in [0.29, 0.717) is 4.90 Å². The molecule has 29 heavy (non-hydrogen) atoms. The van der Waals surface area contributed by atoms with Crippen LogP contribution in [0.2, 0.25) is 0 Å². The molecule has 0 saturated carbocycles. The van der Waals surface area contributed by atoms with Gasteiger partial charge in [-0.3, -0.25) is 18.7 Å². The number of fused-ring (bicyclic) bond motifs is 3. The third kappa shape index (κ3) is 3.23. The number of hydrogen-bond donors (Lipinski definition) is 0. The summed E-state index contributed by atoms with van der Waals surface area (Å²) >= 11 is 0. The molecule has 0 unspecified atom stereocenters. The quantitative estimate of drug-likeness (QED) is 0.278. The van der Waals surface area contributed by atoms with Crippen molar-refractivity contribution < 1.29 is 35.4 Å². The van der Waals surface area contributed by atoms with Gasteiger partial charge in [-0.2, -0.15) is 21.6 Å². The normalized spacial score (nSPS) is 14.8. The van der Waals surface area contributed by atoms with Crippen molar-refractivity contribution in [1.29, 1.82) is 0 Å². The Hall–Kier alpha value is -2.98. The summed E-state index contributed by atoms with van der Waals surface area (Å²) in [7, 11) is -5.79. The molecule has 2 amide bonds. The van der Waals surface area contributed by atoms with Crippen LogP contribution in [0.5, 0.6) is 0 Å². The van der Waals surface area contributed by atoms with E-state index in [0.717, 1.165) is 21.5 Å². The van der Waals surface area contributed by atoms with Crippen LogP contribution in [-0.4, -0.2) is 43.8 Å². The van der Waals surface area contributed by atoms with E-state index in [-0.39, 0.29) is 11.1 Å². The molecule has 0 aliphatic carbocycles. The molecular weight excluding hydrogens is 411 g/mol. The van der Waals surface area contributed by atoms with Crippen molar-refractivity contribution in [2.45, 2.75) is 5.51 Å². The van der Waals surface area contributed by atoms with Crippen LogP contribution in [-0.2, 0) is 14.3 Å². The highest BCUT2D eigenvalue weighted by Crippen LogP contribution is 2.31. The molecule has 6 nitrogen and oxygen atoms in total. The molecule has 150 valence electrons. The molecule has 0 atom stereocenters. The van der Waals surface area contributed by atoms with E-state index < -0.39 is 40.6 Å². The Labute approximate surface area is 162 Å². The SMILES string of the molecule is O=C1c2cc3cc4ccccc4cc3cc2C(=O)N1CCOS(=O)(=O)C(F)(F)F. The fraction of sp³-hybridized carbons (Fsp3) is 0.158. The maximum Gasteiger partial charge on any atom is 0.523 e. The summed E-state index contributed by atoms with van der Waals surface area (Å²) in [6.07, 6.45) is 0. The number of carbonyl (C=O) groups excluding carboxylic acids is 2. The van der Waals surface area contributed by atoms with Gasteiger partial charge < -0.3 is 0 Å². The maximum absolute atomic E-state index is 12.5. The van der Waals surface area contributed by atoms with Crippen LogP contribution in [0.3, 0.4) is 0 Å².